The maximum atomic E-state index is 11.9. The highest BCUT2D eigenvalue weighted by atomic mass is 35.5. The molecule has 7 heteroatoms. The van der Waals surface area contributed by atoms with E-state index in [0.29, 0.717) is 33.8 Å². The summed E-state index contributed by atoms with van der Waals surface area (Å²) in [5, 5.41) is 6.74. The van der Waals surface area contributed by atoms with Crippen LogP contribution < -0.4 is 20.1 Å². The van der Waals surface area contributed by atoms with Gasteiger partial charge in [-0.05, 0) is 35.9 Å². The molecule has 0 aliphatic carbocycles. The van der Waals surface area contributed by atoms with Gasteiger partial charge in [0.2, 0.25) is 5.91 Å². The van der Waals surface area contributed by atoms with Crippen molar-refractivity contribution in [2.45, 2.75) is 6.54 Å². The lowest BCUT2D eigenvalue weighted by molar-refractivity contribution is -0.115. The van der Waals surface area contributed by atoms with Crippen LogP contribution in [0, 0.1) is 0 Å². The van der Waals surface area contributed by atoms with Crippen molar-refractivity contribution in [1.82, 2.24) is 5.32 Å². The number of hydrogen-bond acceptors (Lipinski definition) is 4. The van der Waals surface area contributed by atoms with E-state index in [2.05, 4.69) is 10.6 Å². The Labute approximate surface area is 150 Å². The fourth-order valence-electron chi connectivity index (χ4n) is 2.14. The van der Waals surface area contributed by atoms with Crippen LogP contribution in [0.1, 0.15) is 5.56 Å². The summed E-state index contributed by atoms with van der Waals surface area (Å²) in [6, 6.07) is 10.5. The van der Waals surface area contributed by atoms with Gasteiger partial charge >= 0.3 is 0 Å². The van der Waals surface area contributed by atoms with Gasteiger partial charge in [0, 0.05) is 22.3 Å². The molecule has 0 saturated carbocycles. The fourth-order valence-corrected chi connectivity index (χ4v) is 2.67. The molecule has 0 bridgehead atoms. The Hall–Kier alpha value is -1.95. The third-order valence-corrected chi connectivity index (χ3v) is 3.65. The fraction of sp³-hybridized carbons (Fsp3) is 0.235. The number of nitrogens with one attached hydrogen (secondary N) is 2. The van der Waals surface area contributed by atoms with E-state index >= 15 is 0 Å². The van der Waals surface area contributed by atoms with Gasteiger partial charge in [0.25, 0.3) is 0 Å². The van der Waals surface area contributed by atoms with Crippen molar-refractivity contribution < 1.29 is 14.3 Å². The Kier molecular flexibility index (Phi) is 6.73. The topological polar surface area (TPSA) is 59.6 Å². The van der Waals surface area contributed by atoms with Crippen LogP contribution in [0.2, 0.25) is 10.0 Å². The minimum Gasteiger partial charge on any atom is -0.493 e. The van der Waals surface area contributed by atoms with Gasteiger partial charge in [-0.3, -0.25) is 4.79 Å². The van der Waals surface area contributed by atoms with Gasteiger partial charge in [-0.1, -0.05) is 29.3 Å². The number of hydrogen-bond donors (Lipinski definition) is 2. The zero-order valence-electron chi connectivity index (χ0n) is 13.4. The van der Waals surface area contributed by atoms with Crippen molar-refractivity contribution in [3.8, 4) is 11.5 Å². The number of carbonyl (C=O) groups excluding carboxylic acids is 1. The molecule has 0 saturated heterocycles. The standard InChI is InChI=1S/C17H18Cl2N2O3/c1-23-15-4-3-11(5-16(15)24-2)9-20-10-17(22)21-14-7-12(18)6-13(19)8-14/h3-8,20H,9-10H2,1-2H3,(H,21,22). The Morgan fingerprint density at radius 1 is 1.00 bits per heavy atom. The van der Waals surface area contributed by atoms with Crippen LogP contribution >= 0.6 is 23.2 Å². The largest absolute Gasteiger partial charge is 0.493 e. The third kappa shape index (κ3) is 5.30. The van der Waals surface area contributed by atoms with Gasteiger partial charge in [-0.25, -0.2) is 0 Å². The van der Waals surface area contributed by atoms with E-state index in [1.807, 2.05) is 18.2 Å². The van der Waals surface area contributed by atoms with E-state index in [0.717, 1.165) is 5.56 Å². The molecule has 0 spiro atoms. The highest BCUT2D eigenvalue weighted by molar-refractivity contribution is 6.35. The molecular formula is C17H18Cl2N2O3. The molecular weight excluding hydrogens is 351 g/mol. The molecule has 2 N–H and O–H groups in total. The zero-order chi connectivity index (χ0) is 17.5. The summed E-state index contributed by atoms with van der Waals surface area (Å²) in [5.41, 5.74) is 1.54. The van der Waals surface area contributed by atoms with Crippen molar-refractivity contribution in [3.05, 3.63) is 52.0 Å². The van der Waals surface area contributed by atoms with Crippen LogP contribution in [0.5, 0.6) is 11.5 Å². The first-order valence-electron chi connectivity index (χ1n) is 7.19. The molecule has 0 heterocycles. The van der Waals surface area contributed by atoms with Crippen molar-refractivity contribution in [2.24, 2.45) is 0 Å². The lowest BCUT2D eigenvalue weighted by Crippen LogP contribution is -2.27. The number of methoxy groups -OCH3 is 2. The number of anilines is 1. The number of rotatable bonds is 7. The molecule has 0 aliphatic heterocycles. The molecule has 0 unspecified atom stereocenters. The summed E-state index contributed by atoms with van der Waals surface area (Å²) < 4.78 is 10.4. The van der Waals surface area contributed by atoms with Gasteiger partial charge in [-0.2, -0.15) is 0 Å². The predicted octanol–water partition coefficient (Wildman–Crippen LogP) is 3.74. The van der Waals surface area contributed by atoms with E-state index in [1.54, 1.807) is 32.4 Å². The molecule has 0 fully saturated rings. The van der Waals surface area contributed by atoms with E-state index in [4.69, 9.17) is 32.7 Å². The molecule has 0 atom stereocenters. The predicted molar refractivity (Wildman–Crippen MR) is 96.3 cm³/mol. The first kappa shape index (κ1) is 18.4. The minimum atomic E-state index is -0.186. The van der Waals surface area contributed by atoms with Crippen LogP contribution in [-0.4, -0.2) is 26.7 Å². The normalized spacial score (nSPS) is 10.3. The van der Waals surface area contributed by atoms with Gasteiger partial charge < -0.3 is 20.1 Å². The average Bonchev–Trinajstić information content (AvgIpc) is 2.53. The third-order valence-electron chi connectivity index (χ3n) is 3.21. The maximum absolute atomic E-state index is 11.9. The molecule has 2 aromatic carbocycles. The Morgan fingerprint density at radius 3 is 2.29 bits per heavy atom. The van der Waals surface area contributed by atoms with Crippen molar-refractivity contribution >= 4 is 34.8 Å². The second-order valence-electron chi connectivity index (χ2n) is 5.00. The number of amides is 1. The van der Waals surface area contributed by atoms with Gasteiger partial charge in [0.1, 0.15) is 0 Å². The molecule has 2 aromatic rings. The SMILES string of the molecule is COc1ccc(CNCC(=O)Nc2cc(Cl)cc(Cl)c2)cc1OC. The minimum absolute atomic E-state index is 0.151. The first-order chi connectivity index (χ1) is 11.5. The highest BCUT2D eigenvalue weighted by Gasteiger charge is 2.06. The second-order valence-corrected chi connectivity index (χ2v) is 5.87. The first-order valence-corrected chi connectivity index (χ1v) is 7.95. The number of benzene rings is 2. The van der Waals surface area contributed by atoms with Crippen LogP contribution in [0.4, 0.5) is 5.69 Å². The summed E-state index contributed by atoms with van der Waals surface area (Å²) in [5.74, 6) is 1.13. The maximum Gasteiger partial charge on any atom is 0.238 e. The Balaban J connectivity index is 1.86. The van der Waals surface area contributed by atoms with Crippen LogP contribution in [0.25, 0.3) is 0 Å². The Morgan fingerprint density at radius 2 is 1.67 bits per heavy atom. The van der Waals surface area contributed by atoms with E-state index in [9.17, 15) is 4.79 Å². The van der Waals surface area contributed by atoms with Crippen molar-refractivity contribution in [1.29, 1.82) is 0 Å². The van der Waals surface area contributed by atoms with E-state index in [-0.39, 0.29) is 12.5 Å². The molecule has 24 heavy (non-hydrogen) atoms. The zero-order valence-corrected chi connectivity index (χ0v) is 14.9. The summed E-state index contributed by atoms with van der Waals surface area (Å²) in [6.07, 6.45) is 0. The van der Waals surface area contributed by atoms with Crippen LogP contribution in [0.3, 0.4) is 0 Å². The monoisotopic (exact) mass is 368 g/mol. The molecule has 0 aromatic heterocycles. The average molecular weight is 369 g/mol. The molecule has 0 radical (unpaired) electrons. The highest BCUT2D eigenvalue weighted by Crippen LogP contribution is 2.27. The smallest absolute Gasteiger partial charge is 0.238 e. The number of halogens is 2. The lowest BCUT2D eigenvalue weighted by atomic mass is 10.2. The molecule has 1 amide bonds. The van der Waals surface area contributed by atoms with Crippen molar-refractivity contribution in [3.63, 3.8) is 0 Å². The van der Waals surface area contributed by atoms with Gasteiger partial charge in [0.15, 0.2) is 11.5 Å². The second kappa shape index (κ2) is 8.78. The summed E-state index contributed by atoms with van der Waals surface area (Å²) in [7, 11) is 3.17. The van der Waals surface area contributed by atoms with Gasteiger partial charge in [-0.15, -0.1) is 0 Å². The van der Waals surface area contributed by atoms with E-state index in [1.165, 1.54) is 0 Å². The van der Waals surface area contributed by atoms with Crippen molar-refractivity contribution in [2.75, 3.05) is 26.1 Å². The lowest BCUT2D eigenvalue weighted by Gasteiger charge is -2.10. The number of ether oxygens (including phenoxy) is 2. The summed E-state index contributed by atoms with van der Waals surface area (Å²) >= 11 is 11.8. The Bertz CT molecular complexity index is 703. The van der Waals surface area contributed by atoms with Crippen LogP contribution in [-0.2, 0) is 11.3 Å². The van der Waals surface area contributed by atoms with Gasteiger partial charge in [0.05, 0.1) is 20.8 Å². The number of carbonyl (C=O) groups is 1. The summed E-state index contributed by atoms with van der Waals surface area (Å²) in [6.45, 7) is 0.669. The summed E-state index contributed by atoms with van der Waals surface area (Å²) in [4.78, 5) is 11.9. The van der Waals surface area contributed by atoms with Crippen LogP contribution in [0.15, 0.2) is 36.4 Å². The molecule has 5 nitrogen and oxygen atoms in total. The molecule has 2 rings (SSSR count). The van der Waals surface area contributed by atoms with E-state index < -0.39 is 0 Å². The molecule has 0 aliphatic rings. The quantitative estimate of drug-likeness (QED) is 0.781. The molecule has 128 valence electrons.